The average molecular weight is 355 g/mol. The molecule has 0 spiro atoms. The fourth-order valence-electron chi connectivity index (χ4n) is 3.45. The van der Waals surface area contributed by atoms with E-state index in [2.05, 4.69) is 38.1 Å². The fourth-order valence-corrected chi connectivity index (χ4v) is 3.45. The van der Waals surface area contributed by atoms with Gasteiger partial charge >= 0.3 is 29.6 Å². The van der Waals surface area contributed by atoms with Crippen molar-refractivity contribution in [3.8, 4) is 0 Å². The SMILES string of the molecule is CCCCCCCCCc1ccc(CCCCCCCCC)cc1.[NaH]. The van der Waals surface area contributed by atoms with E-state index in [0.29, 0.717) is 0 Å². The number of hydrogen-bond donors (Lipinski definition) is 0. The molecule has 1 heteroatoms. The predicted molar refractivity (Wildman–Crippen MR) is 117 cm³/mol. The molecule has 0 nitrogen and oxygen atoms in total. The normalized spacial score (nSPS) is 10.6. The Bertz CT molecular complexity index is 331. The Morgan fingerprint density at radius 3 is 1.04 bits per heavy atom. The monoisotopic (exact) mass is 354 g/mol. The van der Waals surface area contributed by atoms with Crippen LogP contribution in [0.25, 0.3) is 0 Å². The summed E-state index contributed by atoms with van der Waals surface area (Å²) < 4.78 is 0. The second-order valence-corrected chi connectivity index (χ2v) is 7.56. The molecule has 0 saturated heterocycles. The van der Waals surface area contributed by atoms with E-state index in [0.717, 1.165) is 0 Å². The second kappa shape index (κ2) is 19.0. The van der Waals surface area contributed by atoms with Gasteiger partial charge in [0.15, 0.2) is 0 Å². The van der Waals surface area contributed by atoms with Crippen molar-refractivity contribution in [2.75, 3.05) is 0 Å². The van der Waals surface area contributed by atoms with Gasteiger partial charge < -0.3 is 0 Å². The molecule has 0 fully saturated rings. The zero-order valence-electron chi connectivity index (χ0n) is 16.6. The van der Waals surface area contributed by atoms with Crippen molar-refractivity contribution in [1.82, 2.24) is 0 Å². The summed E-state index contributed by atoms with van der Waals surface area (Å²) in [5.41, 5.74) is 3.07. The Balaban J connectivity index is 0.00000576. The third kappa shape index (κ3) is 15.0. The van der Waals surface area contributed by atoms with Crippen LogP contribution in [0.3, 0.4) is 0 Å². The van der Waals surface area contributed by atoms with Crippen molar-refractivity contribution >= 4 is 29.6 Å². The van der Waals surface area contributed by atoms with Crippen LogP contribution in [0.4, 0.5) is 0 Å². The zero-order chi connectivity index (χ0) is 17.3. The van der Waals surface area contributed by atoms with Gasteiger partial charge in [-0.3, -0.25) is 0 Å². The molecule has 140 valence electrons. The Kier molecular flexibility index (Phi) is 19.2. The summed E-state index contributed by atoms with van der Waals surface area (Å²) in [5, 5.41) is 0. The minimum absolute atomic E-state index is 0. The quantitative estimate of drug-likeness (QED) is 0.211. The molecule has 0 saturated carbocycles. The van der Waals surface area contributed by atoms with E-state index in [9.17, 15) is 0 Å². The van der Waals surface area contributed by atoms with Gasteiger partial charge in [0.05, 0.1) is 0 Å². The first-order valence-electron chi connectivity index (χ1n) is 10.9. The van der Waals surface area contributed by atoms with Gasteiger partial charge in [0, 0.05) is 0 Å². The van der Waals surface area contributed by atoms with Crippen molar-refractivity contribution in [2.24, 2.45) is 0 Å². The molecule has 1 aromatic carbocycles. The van der Waals surface area contributed by atoms with Gasteiger partial charge in [-0.15, -0.1) is 0 Å². The summed E-state index contributed by atoms with van der Waals surface area (Å²) in [6.45, 7) is 4.58. The van der Waals surface area contributed by atoms with Crippen molar-refractivity contribution in [1.29, 1.82) is 0 Å². The molecule has 0 N–H and O–H groups in total. The number of rotatable bonds is 16. The van der Waals surface area contributed by atoms with Gasteiger partial charge in [0.2, 0.25) is 0 Å². The topological polar surface area (TPSA) is 0 Å². The Hall–Kier alpha value is 0.220. The molecule has 0 aliphatic heterocycles. The van der Waals surface area contributed by atoms with Crippen molar-refractivity contribution in [2.45, 2.75) is 117 Å². The van der Waals surface area contributed by atoms with E-state index in [4.69, 9.17) is 0 Å². The third-order valence-corrected chi connectivity index (χ3v) is 5.16. The van der Waals surface area contributed by atoms with Crippen LogP contribution in [0.2, 0.25) is 0 Å². The van der Waals surface area contributed by atoms with Crippen LogP contribution in [0.15, 0.2) is 24.3 Å². The first-order valence-corrected chi connectivity index (χ1v) is 10.9. The molecule has 0 atom stereocenters. The summed E-state index contributed by atoms with van der Waals surface area (Å²) in [6.07, 6.45) is 22.2. The molecule has 25 heavy (non-hydrogen) atoms. The molecular weight excluding hydrogens is 311 g/mol. The standard InChI is InChI=1S/C24H42.Na.H/c1-3-5-7-9-11-13-15-17-23-19-21-24(22-20-23)18-16-14-12-10-8-6-4-2;;/h19-22H,3-18H2,1-2H3;;. The molecule has 1 rings (SSSR count). The summed E-state index contributed by atoms with van der Waals surface area (Å²) in [5.74, 6) is 0. The third-order valence-electron chi connectivity index (χ3n) is 5.16. The van der Waals surface area contributed by atoms with Gasteiger partial charge in [0.1, 0.15) is 0 Å². The van der Waals surface area contributed by atoms with Crippen molar-refractivity contribution < 1.29 is 0 Å². The summed E-state index contributed by atoms with van der Waals surface area (Å²) >= 11 is 0. The van der Waals surface area contributed by atoms with Crippen LogP contribution in [-0.4, -0.2) is 29.6 Å². The second-order valence-electron chi connectivity index (χ2n) is 7.56. The minimum atomic E-state index is 0. The molecule has 0 unspecified atom stereocenters. The molecule has 0 amide bonds. The molecule has 0 aromatic heterocycles. The van der Waals surface area contributed by atoms with Crippen molar-refractivity contribution in [3.63, 3.8) is 0 Å². The van der Waals surface area contributed by atoms with E-state index in [-0.39, 0.29) is 29.6 Å². The van der Waals surface area contributed by atoms with E-state index >= 15 is 0 Å². The van der Waals surface area contributed by atoms with Gasteiger partial charge in [-0.2, -0.15) is 0 Å². The van der Waals surface area contributed by atoms with Crippen LogP contribution in [0, 0.1) is 0 Å². The maximum absolute atomic E-state index is 2.37. The van der Waals surface area contributed by atoms with E-state index < -0.39 is 0 Å². The Labute approximate surface area is 180 Å². The van der Waals surface area contributed by atoms with Crippen LogP contribution < -0.4 is 0 Å². The number of unbranched alkanes of at least 4 members (excludes halogenated alkanes) is 12. The first-order chi connectivity index (χ1) is 11.9. The predicted octanol–water partition coefficient (Wildman–Crippen LogP) is 7.62. The van der Waals surface area contributed by atoms with Crippen molar-refractivity contribution in [3.05, 3.63) is 35.4 Å². The molecular formula is C24H43Na. The first kappa shape index (κ1) is 25.2. The van der Waals surface area contributed by atoms with Crippen LogP contribution in [0.5, 0.6) is 0 Å². The maximum atomic E-state index is 2.37. The molecule has 1 aromatic rings. The van der Waals surface area contributed by atoms with Crippen LogP contribution in [-0.2, 0) is 12.8 Å². The van der Waals surface area contributed by atoms with Gasteiger partial charge in [-0.25, -0.2) is 0 Å². The fraction of sp³-hybridized carbons (Fsp3) is 0.750. The van der Waals surface area contributed by atoms with E-state index in [1.165, 1.54) is 114 Å². The van der Waals surface area contributed by atoms with Gasteiger partial charge in [-0.1, -0.05) is 115 Å². The number of hydrogen-bond acceptors (Lipinski definition) is 0. The molecule has 0 radical (unpaired) electrons. The zero-order valence-corrected chi connectivity index (χ0v) is 16.6. The van der Waals surface area contributed by atoms with E-state index in [1.54, 1.807) is 0 Å². The molecule has 0 aliphatic carbocycles. The van der Waals surface area contributed by atoms with Crippen LogP contribution in [0.1, 0.15) is 115 Å². The van der Waals surface area contributed by atoms with Crippen LogP contribution >= 0.6 is 0 Å². The summed E-state index contributed by atoms with van der Waals surface area (Å²) in [4.78, 5) is 0. The van der Waals surface area contributed by atoms with E-state index in [1.807, 2.05) is 0 Å². The molecule has 0 aliphatic rings. The van der Waals surface area contributed by atoms with Gasteiger partial charge in [0.25, 0.3) is 0 Å². The van der Waals surface area contributed by atoms with Gasteiger partial charge in [-0.05, 0) is 36.8 Å². The Morgan fingerprint density at radius 2 is 0.720 bits per heavy atom. The summed E-state index contributed by atoms with van der Waals surface area (Å²) in [6, 6.07) is 9.47. The molecule has 0 bridgehead atoms. The summed E-state index contributed by atoms with van der Waals surface area (Å²) in [7, 11) is 0. The Morgan fingerprint density at radius 1 is 0.440 bits per heavy atom. The molecule has 0 heterocycles. The average Bonchev–Trinajstić information content (AvgIpc) is 2.61. The number of benzene rings is 1. The number of aryl methyl sites for hydroxylation is 2.